The molecule has 0 saturated carbocycles. The highest BCUT2D eigenvalue weighted by Gasteiger charge is 2.48. The maximum Gasteiger partial charge on any atom is 0.301 e. The summed E-state index contributed by atoms with van der Waals surface area (Å²) in [4.78, 5) is 37.0. The molecule has 0 aliphatic carbocycles. The number of hydrogen-bond acceptors (Lipinski definition) is 8. The van der Waals surface area contributed by atoms with Crippen LogP contribution in [0.1, 0.15) is 23.4 Å². The molecule has 3 aromatic heterocycles. The second-order valence-corrected chi connectivity index (χ2v) is 8.97. The summed E-state index contributed by atoms with van der Waals surface area (Å²) < 4.78 is 6.40. The highest BCUT2D eigenvalue weighted by Crippen LogP contribution is 2.45. The Morgan fingerprint density at radius 1 is 1.19 bits per heavy atom. The van der Waals surface area contributed by atoms with Gasteiger partial charge in [0.05, 0.1) is 22.4 Å². The molecule has 1 atom stereocenters. The van der Waals surface area contributed by atoms with Crippen LogP contribution in [0.3, 0.4) is 0 Å². The lowest BCUT2D eigenvalue weighted by atomic mass is 10.0. The zero-order chi connectivity index (χ0) is 22.2. The number of aliphatic hydroxyl groups excluding tert-OH is 1. The Kier molecular flexibility index (Phi) is 5.20. The number of nitrogens with zero attached hydrogens (tertiary/aromatic N) is 3. The number of pyridine rings is 1. The van der Waals surface area contributed by atoms with Gasteiger partial charge in [0.1, 0.15) is 17.6 Å². The average Bonchev–Trinajstić information content (AvgIpc) is 3.53. The molecule has 1 unspecified atom stereocenters. The number of fused-ring (bicyclic) bond motifs is 1. The molecule has 5 rings (SSSR count). The number of rotatable bonds is 5. The van der Waals surface area contributed by atoms with Crippen LogP contribution in [0.4, 0.5) is 5.13 Å². The molecule has 0 bridgehead atoms. The summed E-state index contributed by atoms with van der Waals surface area (Å²) in [7, 11) is 0. The molecular formula is C23H17N3O4S2. The fourth-order valence-electron chi connectivity index (χ4n) is 3.66. The van der Waals surface area contributed by atoms with E-state index in [-0.39, 0.29) is 11.3 Å². The highest BCUT2D eigenvalue weighted by molar-refractivity contribution is 7.22. The second kappa shape index (κ2) is 8.18. The van der Waals surface area contributed by atoms with Crippen LogP contribution >= 0.6 is 22.7 Å². The van der Waals surface area contributed by atoms with E-state index in [1.807, 2.05) is 42.6 Å². The minimum Gasteiger partial charge on any atom is -0.507 e. The number of ketones is 1. The van der Waals surface area contributed by atoms with Crippen molar-refractivity contribution in [3.63, 3.8) is 0 Å². The van der Waals surface area contributed by atoms with Crippen LogP contribution in [0.2, 0.25) is 0 Å². The largest absolute Gasteiger partial charge is 0.507 e. The lowest BCUT2D eigenvalue weighted by Crippen LogP contribution is -2.28. The van der Waals surface area contributed by atoms with Gasteiger partial charge in [-0.25, -0.2) is 4.98 Å². The number of anilines is 1. The van der Waals surface area contributed by atoms with Gasteiger partial charge in [0.25, 0.3) is 5.78 Å². The lowest BCUT2D eigenvalue weighted by molar-refractivity contribution is -0.132. The molecule has 1 amide bonds. The topological polar surface area (TPSA) is 92.6 Å². The van der Waals surface area contributed by atoms with Gasteiger partial charge in [-0.05, 0) is 48.7 Å². The predicted octanol–water partition coefficient (Wildman–Crippen LogP) is 4.78. The van der Waals surface area contributed by atoms with E-state index in [1.165, 1.54) is 40.0 Å². The SMILES string of the molecule is CCOc1ccc2nc(N3C(=O)C(=O)/C(=C(/O)c4ccncc4)C3c3cccs3)sc2c1. The van der Waals surface area contributed by atoms with Crippen LogP contribution in [-0.2, 0) is 9.59 Å². The summed E-state index contributed by atoms with van der Waals surface area (Å²) in [5.41, 5.74) is 1.16. The molecular weight excluding hydrogens is 446 g/mol. The molecule has 1 saturated heterocycles. The van der Waals surface area contributed by atoms with Gasteiger partial charge in [-0.3, -0.25) is 19.5 Å². The molecule has 1 N–H and O–H groups in total. The van der Waals surface area contributed by atoms with Gasteiger partial charge in [0, 0.05) is 22.8 Å². The Hall–Kier alpha value is -3.56. The van der Waals surface area contributed by atoms with Gasteiger partial charge in [-0.2, -0.15) is 0 Å². The van der Waals surface area contributed by atoms with Gasteiger partial charge >= 0.3 is 5.91 Å². The number of ether oxygens (including phenoxy) is 1. The summed E-state index contributed by atoms with van der Waals surface area (Å²) >= 11 is 2.71. The van der Waals surface area contributed by atoms with Crippen LogP contribution in [-0.4, -0.2) is 33.4 Å². The molecule has 160 valence electrons. The Labute approximate surface area is 191 Å². The van der Waals surface area contributed by atoms with Crippen molar-refractivity contribution >= 4 is 55.5 Å². The molecule has 32 heavy (non-hydrogen) atoms. The van der Waals surface area contributed by atoms with Gasteiger partial charge in [-0.1, -0.05) is 17.4 Å². The van der Waals surface area contributed by atoms with Crippen molar-refractivity contribution in [3.05, 3.63) is 76.3 Å². The van der Waals surface area contributed by atoms with Gasteiger partial charge in [0.2, 0.25) is 0 Å². The van der Waals surface area contributed by atoms with Crippen molar-refractivity contribution in [3.8, 4) is 5.75 Å². The third-order valence-electron chi connectivity index (χ3n) is 5.08. The number of amides is 1. The standard InChI is InChI=1S/C23H17N3O4S2/c1-2-30-14-5-6-15-17(12-14)32-23(25-15)26-19(16-4-3-11-31-16)18(21(28)22(26)29)20(27)13-7-9-24-10-8-13/h3-12,19,27H,2H2,1H3/b20-18+. The van der Waals surface area contributed by atoms with Crippen molar-refractivity contribution in [2.45, 2.75) is 13.0 Å². The van der Waals surface area contributed by atoms with Gasteiger partial charge < -0.3 is 9.84 Å². The van der Waals surface area contributed by atoms with Crippen molar-refractivity contribution in [2.75, 3.05) is 11.5 Å². The number of thiazole rings is 1. The summed E-state index contributed by atoms with van der Waals surface area (Å²) in [6.45, 7) is 2.45. The lowest BCUT2D eigenvalue weighted by Gasteiger charge is -2.21. The quantitative estimate of drug-likeness (QED) is 0.260. The summed E-state index contributed by atoms with van der Waals surface area (Å²) in [6, 6.07) is 11.6. The molecule has 1 aliphatic rings. The van der Waals surface area contributed by atoms with Gasteiger partial charge in [-0.15, -0.1) is 11.3 Å². The van der Waals surface area contributed by atoms with E-state index in [0.29, 0.717) is 28.6 Å². The van der Waals surface area contributed by atoms with E-state index in [9.17, 15) is 14.7 Å². The number of aromatic nitrogens is 2. The normalized spacial score (nSPS) is 17.9. The Morgan fingerprint density at radius 2 is 2.00 bits per heavy atom. The summed E-state index contributed by atoms with van der Waals surface area (Å²) in [5.74, 6) is -0.980. The smallest absolute Gasteiger partial charge is 0.301 e. The van der Waals surface area contributed by atoms with Crippen LogP contribution in [0, 0.1) is 0 Å². The van der Waals surface area contributed by atoms with Crippen LogP contribution < -0.4 is 9.64 Å². The Bertz CT molecular complexity index is 1350. The second-order valence-electron chi connectivity index (χ2n) is 6.98. The molecule has 9 heteroatoms. The first-order chi connectivity index (χ1) is 15.6. The molecule has 1 aromatic carbocycles. The van der Waals surface area contributed by atoms with E-state index < -0.39 is 17.7 Å². The molecule has 1 aliphatic heterocycles. The first kappa shape index (κ1) is 20.3. The molecule has 0 radical (unpaired) electrons. The Balaban J connectivity index is 1.67. The monoisotopic (exact) mass is 463 g/mol. The zero-order valence-electron chi connectivity index (χ0n) is 16.9. The van der Waals surface area contributed by atoms with Crippen LogP contribution in [0.25, 0.3) is 16.0 Å². The number of aliphatic hydroxyl groups is 1. The molecule has 1 fully saturated rings. The maximum atomic E-state index is 13.2. The van der Waals surface area contributed by atoms with Crippen molar-refractivity contribution in [2.24, 2.45) is 0 Å². The fourth-order valence-corrected chi connectivity index (χ4v) is 5.51. The number of carbonyl (C=O) groups is 2. The number of thiophene rings is 1. The number of benzene rings is 1. The van der Waals surface area contributed by atoms with E-state index >= 15 is 0 Å². The Morgan fingerprint density at radius 3 is 2.72 bits per heavy atom. The third kappa shape index (κ3) is 3.35. The minimum absolute atomic E-state index is 0.0397. The van der Waals surface area contributed by atoms with E-state index in [2.05, 4.69) is 9.97 Å². The maximum absolute atomic E-state index is 13.2. The molecule has 4 heterocycles. The van der Waals surface area contributed by atoms with Crippen molar-refractivity contribution in [1.29, 1.82) is 0 Å². The fraction of sp³-hybridized carbons (Fsp3) is 0.130. The molecule has 7 nitrogen and oxygen atoms in total. The zero-order valence-corrected chi connectivity index (χ0v) is 18.5. The first-order valence-corrected chi connectivity index (χ1v) is 11.6. The minimum atomic E-state index is -0.768. The van der Waals surface area contributed by atoms with Crippen molar-refractivity contribution in [1.82, 2.24) is 9.97 Å². The van der Waals surface area contributed by atoms with Crippen molar-refractivity contribution < 1.29 is 19.4 Å². The predicted molar refractivity (Wildman–Crippen MR) is 124 cm³/mol. The third-order valence-corrected chi connectivity index (χ3v) is 7.02. The van der Waals surface area contributed by atoms with Crippen LogP contribution in [0.15, 0.2) is 65.8 Å². The first-order valence-electron chi connectivity index (χ1n) is 9.86. The number of carbonyl (C=O) groups excluding carboxylic acids is 2. The van der Waals surface area contributed by atoms with E-state index in [4.69, 9.17) is 4.74 Å². The molecule has 0 spiro atoms. The van der Waals surface area contributed by atoms with E-state index in [1.54, 1.807) is 12.1 Å². The number of Topliss-reactive ketones (excluding diaryl/α,β-unsaturated/α-hetero) is 1. The number of hydrogen-bond donors (Lipinski definition) is 1. The summed E-state index contributed by atoms with van der Waals surface area (Å²) in [5, 5.41) is 13.3. The average molecular weight is 464 g/mol. The highest BCUT2D eigenvalue weighted by atomic mass is 32.1. The summed E-state index contributed by atoms with van der Waals surface area (Å²) in [6.07, 6.45) is 3.05. The molecule has 4 aromatic rings. The van der Waals surface area contributed by atoms with E-state index in [0.717, 1.165) is 9.58 Å². The van der Waals surface area contributed by atoms with Gasteiger partial charge in [0.15, 0.2) is 5.13 Å². The van der Waals surface area contributed by atoms with Crippen LogP contribution in [0.5, 0.6) is 5.75 Å².